The molecule has 0 aromatic heterocycles. The van der Waals surface area contributed by atoms with E-state index in [1.807, 2.05) is 48.5 Å². The van der Waals surface area contributed by atoms with Crippen LogP contribution in [0.15, 0.2) is 48.5 Å². The van der Waals surface area contributed by atoms with Gasteiger partial charge in [-0.25, -0.2) is 9.59 Å². The molecule has 0 heterocycles. The summed E-state index contributed by atoms with van der Waals surface area (Å²) in [4.78, 5) is 49.9. The smallest absolute Gasteiger partial charge is 0.316 e. The first-order chi connectivity index (χ1) is 21.6. The zero-order valence-electron chi connectivity index (χ0n) is 25.9. The Hall–Kier alpha value is -4.28. The fourth-order valence-electron chi connectivity index (χ4n) is 7.74. The second-order valence-electron chi connectivity index (χ2n) is 13.5. The Bertz CT molecular complexity index is 1290. The first-order valence-electron chi connectivity index (χ1n) is 15.8. The van der Waals surface area contributed by atoms with Crippen molar-refractivity contribution in [1.29, 1.82) is 0 Å². The summed E-state index contributed by atoms with van der Waals surface area (Å²) >= 11 is 0. The van der Waals surface area contributed by atoms with Crippen molar-refractivity contribution in [3.63, 3.8) is 0 Å². The number of carbonyl (C=O) groups is 4. The van der Waals surface area contributed by atoms with Crippen LogP contribution in [0.1, 0.15) is 62.5 Å². The minimum atomic E-state index is -0.415. The van der Waals surface area contributed by atoms with Crippen LogP contribution in [0.3, 0.4) is 0 Å². The third-order valence-corrected chi connectivity index (χ3v) is 10.2. The Morgan fingerprint density at radius 3 is 1.29 bits per heavy atom. The molecule has 11 heteroatoms. The molecular formula is C34H42N4O7. The van der Waals surface area contributed by atoms with Crippen molar-refractivity contribution < 1.29 is 33.4 Å². The highest BCUT2D eigenvalue weighted by atomic mass is 16.6. The summed E-state index contributed by atoms with van der Waals surface area (Å²) in [5, 5.41) is 11.8. The van der Waals surface area contributed by atoms with E-state index in [4.69, 9.17) is 14.2 Å². The highest BCUT2D eigenvalue weighted by Crippen LogP contribution is 2.60. The number of benzene rings is 2. The van der Waals surface area contributed by atoms with Gasteiger partial charge in [0.2, 0.25) is 0 Å². The molecule has 0 saturated heterocycles. The van der Waals surface area contributed by atoms with Gasteiger partial charge in [0.15, 0.2) is 0 Å². The highest BCUT2D eigenvalue weighted by molar-refractivity contribution is 5.89. The number of ether oxygens (including phenoxy) is 3. The Labute approximate surface area is 263 Å². The fourth-order valence-corrected chi connectivity index (χ4v) is 7.74. The van der Waals surface area contributed by atoms with Crippen LogP contribution in [0.5, 0.6) is 11.5 Å². The number of nitrogens with one attached hydrogen (secondary N) is 4. The molecule has 6 rings (SSSR count). The number of methoxy groups -OCH3 is 2. The average Bonchev–Trinajstić information content (AvgIpc) is 2.96. The number of rotatable bonds is 10. The molecule has 11 nitrogen and oxygen atoms in total. The molecule has 4 aliphatic rings. The maximum absolute atomic E-state index is 12.7. The molecule has 2 aromatic carbocycles. The highest BCUT2D eigenvalue weighted by Gasteiger charge is 2.58. The van der Waals surface area contributed by atoms with E-state index in [0.717, 1.165) is 48.3 Å². The number of amides is 4. The maximum Gasteiger partial charge on any atom is 0.316 e. The second kappa shape index (κ2) is 12.6. The van der Waals surface area contributed by atoms with Crippen molar-refractivity contribution in [2.24, 2.45) is 22.7 Å². The van der Waals surface area contributed by atoms with E-state index in [1.165, 1.54) is 0 Å². The van der Waals surface area contributed by atoms with Gasteiger partial charge in [-0.3, -0.25) is 9.59 Å². The average molecular weight is 619 g/mol. The van der Waals surface area contributed by atoms with E-state index in [2.05, 4.69) is 21.3 Å². The van der Waals surface area contributed by atoms with Gasteiger partial charge in [-0.05, 0) is 97.6 Å². The van der Waals surface area contributed by atoms with Gasteiger partial charge in [0.1, 0.15) is 11.5 Å². The molecule has 0 aliphatic heterocycles. The standard InChI is InChI=1S/C34H42N4O7/c1-43-27-7-3-21(4-8-27)19-35-31(41)37-25-15-33(16-25)11-23(12-33)29(39)45-30(40)24-13-34(14-24)17-26(18-34)38-32(42)36-20-22-5-9-28(44-2)10-6-22/h3-10,23-26H,11-20H2,1-2H3,(H2,35,37,41)(H2,36,38,42). The predicted octanol–water partition coefficient (Wildman–Crippen LogP) is 4.19. The van der Waals surface area contributed by atoms with Gasteiger partial charge in [0.25, 0.3) is 0 Å². The van der Waals surface area contributed by atoms with E-state index in [-0.39, 0.29) is 46.8 Å². The van der Waals surface area contributed by atoms with E-state index in [1.54, 1.807) is 14.2 Å². The lowest BCUT2D eigenvalue weighted by Crippen LogP contribution is -2.59. The Balaban J connectivity index is 0.814. The zero-order valence-corrected chi connectivity index (χ0v) is 25.9. The van der Waals surface area contributed by atoms with Crippen molar-refractivity contribution in [1.82, 2.24) is 21.3 Å². The summed E-state index contributed by atoms with van der Waals surface area (Å²) in [5.74, 6) is 0.215. The van der Waals surface area contributed by atoms with Crippen molar-refractivity contribution in [3.8, 4) is 11.5 Å². The molecule has 240 valence electrons. The molecule has 4 amide bonds. The Morgan fingerprint density at radius 2 is 0.956 bits per heavy atom. The predicted molar refractivity (Wildman–Crippen MR) is 164 cm³/mol. The molecule has 0 unspecified atom stereocenters. The molecule has 4 aliphatic carbocycles. The van der Waals surface area contributed by atoms with Crippen molar-refractivity contribution >= 4 is 24.0 Å². The minimum absolute atomic E-state index is 0.0655. The Kier molecular flexibility index (Phi) is 8.61. The first kappa shape index (κ1) is 30.7. The zero-order chi connectivity index (χ0) is 31.6. The van der Waals surface area contributed by atoms with Crippen LogP contribution in [0, 0.1) is 22.7 Å². The summed E-state index contributed by atoms with van der Waals surface area (Å²) in [6, 6.07) is 14.9. The SMILES string of the molecule is COc1ccc(CNC(=O)NC2CC3(C2)CC(C(=O)OC(=O)C2CC4(CC(NC(=O)NCc5ccc(OC)cc5)C4)C2)C3)cc1. The monoisotopic (exact) mass is 618 g/mol. The van der Waals surface area contributed by atoms with Crippen LogP contribution in [-0.2, 0) is 27.4 Å². The van der Waals surface area contributed by atoms with Gasteiger partial charge in [0.05, 0.1) is 26.1 Å². The fraction of sp³-hybridized carbons (Fsp3) is 0.529. The molecular weight excluding hydrogens is 576 g/mol. The van der Waals surface area contributed by atoms with Gasteiger partial charge < -0.3 is 35.5 Å². The van der Waals surface area contributed by atoms with Crippen LogP contribution in [0.4, 0.5) is 9.59 Å². The molecule has 4 fully saturated rings. The lowest BCUT2D eigenvalue weighted by Gasteiger charge is -2.57. The molecule has 0 radical (unpaired) electrons. The van der Waals surface area contributed by atoms with Crippen molar-refractivity contribution in [3.05, 3.63) is 59.7 Å². The van der Waals surface area contributed by atoms with E-state index >= 15 is 0 Å². The van der Waals surface area contributed by atoms with Gasteiger partial charge in [0, 0.05) is 25.2 Å². The van der Waals surface area contributed by atoms with Crippen molar-refractivity contribution in [2.45, 2.75) is 76.5 Å². The summed E-state index contributed by atoms with van der Waals surface area (Å²) in [6.45, 7) is 0.858. The summed E-state index contributed by atoms with van der Waals surface area (Å²) < 4.78 is 15.6. The molecule has 0 bridgehead atoms. The third kappa shape index (κ3) is 7.02. The third-order valence-electron chi connectivity index (χ3n) is 10.2. The molecule has 0 atom stereocenters. The largest absolute Gasteiger partial charge is 0.497 e. The van der Waals surface area contributed by atoms with Gasteiger partial charge >= 0.3 is 24.0 Å². The number of hydrogen-bond donors (Lipinski definition) is 4. The summed E-state index contributed by atoms with van der Waals surface area (Å²) in [6.07, 6.45) is 6.14. The first-order valence-corrected chi connectivity index (χ1v) is 15.8. The van der Waals surface area contributed by atoms with Crippen LogP contribution in [-0.4, -0.2) is 50.3 Å². The van der Waals surface area contributed by atoms with E-state index < -0.39 is 11.9 Å². The van der Waals surface area contributed by atoms with Crippen molar-refractivity contribution in [2.75, 3.05) is 14.2 Å². The number of hydrogen-bond acceptors (Lipinski definition) is 7. The molecule has 2 aromatic rings. The topological polar surface area (TPSA) is 144 Å². The Morgan fingerprint density at radius 1 is 0.600 bits per heavy atom. The van der Waals surface area contributed by atoms with Crippen LogP contribution in [0.25, 0.3) is 0 Å². The molecule has 4 N–H and O–H groups in total. The second-order valence-corrected chi connectivity index (χ2v) is 13.5. The minimum Gasteiger partial charge on any atom is -0.497 e. The number of urea groups is 2. The maximum atomic E-state index is 12.7. The van der Waals surface area contributed by atoms with Crippen LogP contribution >= 0.6 is 0 Å². The van der Waals surface area contributed by atoms with Gasteiger partial charge in [-0.15, -0.1) is 0 Å². The lowest BCUT2D eigenvalue weighted by atomic mass is 9.49. The number of esters is 2. The van der Waals surface area contributed by atoms with Crippen LogP contribution in [0.2, 0.25) is 0 Å². The normalized spacial score (nSPS) is 29.1. The number of carbonyl (C=O) groups excluding carboxylic acids is 4. The summed E-state index contributed by atoms with van der Waals surface area (Å²) in [7, 11) is 3.23. The van der Waals surface area contributed by atoms with E-state index in [0.29, 0.717) is 38.8 Å². The molecule has 4 saturated carbocycles. The van der Waals surface area contributed by atoms with Gasteiger partial charge in [-0.2, -0.15) is 0 Å². The summed E-state index contributed by atoms with van der Waals surface area (Å²) in [5.41, 5.74) is 2.10. The van der Waals surface area contributed by atoms with Crippen LogP contribution < -0.4 is 30.7 Å². The van der Waals surface area contributed by atoms with E-state index in [9.17, 15) is 19.2 Å². The van der Waals surface area contributed by atoms with Gasteiger partial charge in [-0.1, -0.05) is 24.3 Å². The molecule has 2 spiro atoms. The lowest BCUT2D eigenvalue weighted by molar-refractivity contribution is -0.180. The molecule has 45 heavy (non-hydrogen) atoms. The quantitative estimate of drug-likeness (QED) is 0.231.